The first-order valence-electron chi connectivity index (χ1n) is 10.00. The predicted octanol–water partition coefficient (Wildman–Crippen LogP) is 3.83. The van der Waals surface area contributed by atoms with Crippen molar-refractivity contribution in [3.05, 3.63) is 59.4 Å². The summed E-state index contributed by atoms with van der Waals surface area (Å²) in [5.74, 6) is 0.871. The first-order valence-corrected chi connectivity index (χ1v) is 10.00. The third-order valence-electron chi connectivity index (χ3n) is 5.38. The normalized spacial score (nSPS) is 18.8. The second kappa shape index (κ2) is 8.07. The standard InChI is InChI=1S/C23H27N3O2/c1-17-6-5-7-18(14-17)15-22-23(27)26(13-12-25-10-3-2-4-11-25)20-9-8-19(24)16-21(20)28-22/h5-9,14-16H,2-4,10-13,24H2,1H3/b22-15+. The second-order valence-electron chi connectivity index (χ2n) is 7.61. The first-order chi connectivity index (χ1) is 13.6. The number of likely N-dealkylation sites (tertiary alicyclic amines) is 1. The lowest BCUT2D eigenvalue weighted by molar-refractivity contribution is -0.117. The molecule has 1 amide bonds. The largest absolute Gasteiger partial charge is 0.449 e. The lowest BCUT2D eigenvalue weighted by Gasteiger charge is -2.33. The zero-order chi connectivity index (χ0) is 19.5. The van der Waals surface area contributed by atoms with Crippen LogP contribution in [0.4, 0.5) is 11.4 Å². The quantitative estimate of drug-likeness (QED) is 0.650. The van der Waals surface area contributed by atoms with E-state index in [0.717, 1.165) is 36.4 Å². The molecule has 1 saturated heterocycles. The number of anilines is 2. The third kappa shape index (κ3) is 4.04. The number of aryl methyl sites for hydroxylation is 1. The molecular weight excluding hydrogens is 350 g/mol. The Bertz CT molecular complexity index is 900. The molecule has 0 saturated carbocycles. The molecule has 2 aromatic carbocycles. The topological polar surface area (TPSA) is 58.8 Å². The van der Waals surface area contributed by atoms with Crippen molar-refractivity contribution in [3.8, 4) is 5.75 Å². The maximum absolute atomic E-state index is 13.2. The molecule has 0 bridgehead atoms. The average Bonchev–Trinajstić information content (AvgIpc) is 2.69. The van der Waals surface area contributed by atoms with Gasteiger partial charge >= 0.3 is 0 Å². The highest BCUT2D eigenvalue weighted by molar-refractivity contribution is 6.10. The SMILES string of the molecule is Cc1cccc(/C=C2/Oc3cc(N)ccc3N(CCN3CCCCC3)C2=O)c1. The number of benzene rings is 2. The van der Waals surface area contributed by atoms with E-state index in [2.05, 4.69) is 4.90 Å². The second-order valence-corrected chi connectivity index (χ2v) is 7.61. The van der Waals surface area contributed by atoms with Crippen LogP contribution in [0.15, 0.2) is 48.2 Å². The molecule has 0 spiro atoms. The molecular formula is C23H27N3O2. The number of nitrogens with two attached hydrogens (primary N) is 1. The summed E-state index contributed by atoms with van der Waals surface area (Å²) in [6.45, 7) is 5.77. The van der Waals surface area contributed by atoms with E-state index >= 15 is 0 Å². The fourth-order valence-corrected chi connectivity index (χ4v) is 3.89. The molecule has 5 nitrogen and oxygen atoms in total. The molecule has 5 heteroatoms. The van der Waals surface area contributed by atoms with Crippen molar-refractivity contribution in [1.29, 1.82) is 0 Å². The van der Waals surface area contributed by atoms with E-state index in [-0.39, 0.29) is 5.91 Å². The highest BCUT2D eigenvalue weighted by atomic mass is 16.5. The van der Waals surface area contributed by atoms with Crippen LogP contribution >= 0.6 is 0 Å². The molecule has 2 aliphatic rings. The van der Waals surface area contributed by atoms with Crippen LogP contribution in [0, 0.1) is 6.92 Å². The summed E-state index contributed by atoms with van der Waals surface area (Å²) in [4.78, 5) is 17.5. The van der Waals surface area contributed by atoms with Crippen LogP contribution in [0.2, 0.25) is 0 Å². The third-order valence-corrected chi connectivity index (χ3v) is 5.38. The summed E-state index contributed by atoms with van der Waals surface area (Å²) in [6, 6.07) is 13.5. The van der Waals surface area contributed by atoms with Gasteiger partial charge in [-0.25, -0.2) is 0 Å². The number of hydrogen-bond acceptors (Lipinski definition) is 4. The molecule has 2 heterocycles. The Labute approximate surface area is 166 Å². The minimum absolute atomic E-state index is 0.101. The summed E-state index contributed by atoms with van der Waals surface area (Å²) in [6.07, 6.45) is 5.60. The monoisotopic (exact) mass is 377 g/mol. The number of amides is 1. The van der Waals surface area contributed by atoms with Crippen molar-refractivity contribution in [2.75, 3.05) is 36.8 Å². The van der Waals surface area contributed by atoms with Crippen LogP contribution in [0.25, 0.3) is 6.08 Å². The van der Waals surface area contributed by atoms with Gasteiger partial charge in [0, 0.05) is 24.8 Å². The minimum Gasteiger partial charge on any atom is -0.449 e. The van der Waals surface area contributed by atoms with E-state index in [4.69, 9.17) is 10.5 Å². The highest BCUT2D eigenvalue weighted by Gasteiger charge is 2.30. The molecule has 2 N–H and O–H groups in total. The molecule has 2 aliphatic heterocycles. The molecule has 2 aromatic rings. The molecule has 0 aliphatic carbocycles. The number of ether oxygens (including phenoxy) is 1. The summed E-state index contributed by atoms with van der Waals surface area (Å²) < 4.78 is 5.97. The minimum atomic E-state index is -0.101. The summed E-state index contributed by atoms with van der Waals surface area (Å²) in [5.41, 5.74) is 9.47. The smallest absolute Gasteiger partial charge is 0.294 e. The van der Waals surface area contributed by atoms with Crippen molar-refractivity contribution >= 4 is 23.4 Å². The van der Waals surface area contributed by atoms with Gasteiger partial charge in [-0.1, -0.05) is 36.2 Å². The van der Waals surface area contributed by atoms with Crippen LogP contribution < -0.4 is 15.4 Å². The molecule has 28 heavy (non-hydrogen) atoms. The van der Waals surface area contributed by atoms with Crippen molar-refractivity contribution in [2.24, 2.45) is 0 Å². The number of carbonyl (C=O) groups is 1. The van der Waals surface area contributed by atoms with Gasteiger partial charge in [-0.2, -0.15) is 0 Å². The van der Waals surface area contributed by atoms with Crippen molar-refractivity contribution in [1.82, 2.24) is 4.90 Å². The summed E-state index contributed by atoms with van der Waals surface area (Å²) in [7, 11) is 0. The molecule has 146 valence electrons. The molecule has 0 radical (unpaired) electrons. The highest BCUT2D eigenvalue weighted by Crippen LogP contribution is 2.37. The number of fused-ring (bicyclic) bond motifs is 1. The molecule has 0 unspecified atom stereocenters. The van der Waals surface area contributed by atoms with Gasteiger partial charge in [0.05, 0.1) is 5.69 Å². The fourth-order valence-electron chi connectivity index (χ4n) is 3.89. The van der Waals surface area contributed by atoms with Crippen molar-refractivity contribution < 1.29 is 9.53 Å². The number of nitrogens with zero attached hydrogens (tertiary/aromatic N) is 2. The Hall–Kier alpha value is -2.79. The van der Waals surface area contributed by atoms with Crippen LogP contribution in [-0.4, -0.2) is 37.0 Å². The molecule has 4 rings (SSSR count). The number of rotatable bonds is 4. The van der Waals surface area contributed by atoms with Gasteiger partial charge in [-0.3, -0.25) is 4.79 Å². The Morgan fingerprint density at radius 2 is 1.89 bits per heavy atom. The van der Waals surface area contributed by atoms with E-state index in [1.807, 2.05) is 54.3 Å². The van der Waals surface area contributed by atoms with Gasteiger partial charge in [0.15, 0.2) is 11.5 Å². The number of piperidine rings is 1. The van der Waals surface area contributed by atoms with Gasteiger partial charge in [0.2, 0.25) is 0 Å². The van der Waals surface area contributed by atoms with Gasteiger partial charge < -0.3 is 20.3 Å². The lowest BCUT2D eigenvalue weighted by Crippen LogP contribution is -2.43. The predicted molar refractivity (Wildman–Crippen MR) is 113 cm³/mol. The first kappa shape index (κ1) is 18.6. The van der Waals surface area contributed by atoms with E-state index in [1.54, 1.807) is 6.07 Å². The summed E-state index contributed by atoms with van der Waals surface area (Å²) in [5, 5.41) is 0. The van der Waals surface area contributed by atoms with Crippen LogP contribution in [0.3, 0.4) is 0 Å². The maximum Gasteiger partial charge on any atom is 0.294 e. The average molecular weight is 377 g/mol. The zero-order valence-corrected chi connectivity index (χ0v) is 16.4. The van der Waals surface area contributed by atoms with Gasteiger partial charge in [-0.15, -0.1) is 0 Å². The fraction of sp³-hybridized carbons (Fsp3) is 0.348. The number of nitrogen functional groups attached to an aromatic ring is 1. The molecule has 0 aromatic heterocycles. The van der Waals surface area contributed by atoms with Crippen molar-refractivity contribution in [3.63, 3.8) is 0 Å². The number of hydrogen-bond donors (Lipinski definition) is 1. The summed E-state index contributed by atoms with van der Waals surface area (Å²) >= 11 is 0. The Morgan fingerprint density at radius 1 is 1.07 bits per heavy atom. The van der Waals surface area contributed by atoms with E-state index in [9.17, 15) is 4.79 Å². The van der Waals surface area contributed by atoms with Gasteiger partial charge in [0.25, 0.3) is 5.91 Å². The number of carbonyl (C=O) groups excluding carboxylic acids is 1. The Morgan fingerprint density at radius 3 is 2.68 bits per heavy atom. The van der Waals surface area contributed by atoms with Crippen LogP contribution in [0.5, 0.6) is 5.75 Å². The van der Waals surface area contributed by atoms with Crippen LogP contribution in [0.1, 0.15) is 30.4 Å². The Kier molecular flexibility index (Phi) is 5.35. The van der Waals surface area contributed by atoms with E-state index < -0.39 is 0 Å². The van der Waals surface area contributed by atoms with Crippen LogP contribution in [-0.2, 0) is 4.79 Å². The maximum atomic E-state index is 13.2. The molecule has 0 atom stereocenters. The van der Waals surface area contributed by atoms with E-state index in [0.29, 0.717) is 23.7 Å². The van der Waals surface area contributed by atoms with Crippen molar-refractivity contribution in [2.45, 2.75) is 26.2 Å². The Balaban J connectivity index is 1.62. The zero-order valence-electron chi connectivity index (χ0n) is 16.4. The van der Waals surface area contributed by atoms with E-state index in [1.165, 1.54) is 19.3 Å². The lowest BCUT2D eigenvalue weighted by atomic mass is 10.1. The van der Waals surface area contributed by atoms with Gasteiger partial charge in [-0.05, 0) is 56.6 Å². The van der Waals surface area contributed by atoms with Gasteiger partial charge in [0.1, 0.15) is 0 Å². The molecule has 1 fully saturated rings.